The van der Waals surface area contributed by atoms with Crippen LogP contribution in [-0.2, 0) is 6.18 Å². The highest BCUT2D eigenvalue weighted by Gasteiger charge is 2.29. The minimum absolute atomic E-state index is 0.593. The fraction of sp³-hybridized carbons (Fsp3) is 0.0769. The van der Waals surface area contributed by atoms with Crippen molar-refractivity contribution in [2.75, 3.05) is 11.1 Å². The molecule has 0 aliphatic heterocycles. The van der Waals surface area contributed by atoms with Gasteiger partial charge in [-0.2, -0.15) is 13.2 Å². The maximum atomic E-state index is 12.4. The lowest BCUT2D eigenvalue weighted by atomic mass is 10.2. The van der Waals surface area contributed by atoms with E-state index in [0.717, 1.165) is 21.4 Å². The predicted molar refractivity (Wildman–Crippen MR) is 78.3 cm³/mol. The molecule has 0 aliphatic carbocycles. The number of alkyl halides is 3. The number of nitrogen functional groups attached to an aromatic ring is 1. The molecule has 0 radical (unpaired) electrons. The van der Waals surface area contributed by atoms with Gasteiger partial charge in [0, 0.05) is 14.9 Å². The molecule has 0 saturated carbocycles. The summed E-state index contributed by atoms with van der Waals surface area (Å²) in [6, 6.07) is 10.2. The summed E-state index contributed by atoms with van der Waals surface area (Å²) in [6.07, 6.45) is -4.31. The lowest BCUT2D eigenvalue weighted by Gasteiger charge is -2.11. The Kier molecular flexibility index (Phi) is 3.88. The molecule has 0 saturated heterocycles. The van der Waals surface area contributed by atoms with Gasteiger partial charge in [-0.15, -0.1) is 0 Å². The third-order valence-corrected chi connectivity index (χ3v) is 3.38. The quantitative estimate of drug-likeness (QED) is 0.591. The van der Waals surface area contributed by atoms with Crippen molar-refractivity contribution in [3.63, 3.8) is 0 Å². The largest absolute Gasteiger partial charge is 0.416 e. The first kappa shape index (κ1) is 14.0. The van der Waals surface area contributed by atoms with Crippen LogP contribution >= 0.6 is 22.6 Å². The standard InChI is InChI=1S/C13H10F3IN2/c14-13(15,16)8-1-4-10(5-2-8)19-12-6-3-9(18)7-11(12)17/h1-7,19H,18H2. The summed E-state index contributed by atoms with van der Waals surface area (Å²) in [6.45, 7) is 0. The van der Waals surface area contributed by atoms with Gasteiger partial charge in [-0.05, 0) is 65.1 Å². The molecule has 0 unspecified atom stereocenters. The molecule has 2 nitrogen and oxygen atoms in total. The van der Waals surface area contributed by atoms with Gasteiger partial charge in [0.2, 0.25) is 0 Å². The van der Waals surface area contributed by atoms with E-state index in [2.05, 4.69) is 27.9 Å². The average molecular weight is 378 g/mol. The molecule has 0 fully saturated rings. The number of nitrogens with two attached hydrogens (primary N) is 1. The molecule has 0 atom stereocenters. The van der Waals surface area contributed by atoms with Gasteiger partial charge >= 0.3 is 6.18 Å². The van der Waals surface area contributed by atoms with E-state index in [1.54, 1.807) is 18.2 Å². The van der Waals surface area contributed by atoms with Gasteiger partial charge in [-0.25, -0.2) is 0 Å². The first-order valence-corrected chi connectivity index (χ1v) is 6.43. The monoisotopic (exact) mass is 378 g/mol. The predicted octanol–water partition coefficient (Wildman–Crippen LogP) is 4.64. The number of anilines is 3. The van der Waals surface area contributed by atoms with Crippen molar-refractivity contribution in [3.05, 3.63) is 51.6 Å². The number of hydrogen-bond donors (Lipinski definition) is 2. The van der Waals surface area contributed by atoms with E-state index >= 15 is 0 Å². The van der Waals surface area contributed by atoms with E-state index in [0.29, 0.717) is 11.4 Å². The van der Waals surface area contributed by atoms with Crippen LogP contribution in [0, 0.1) is 3.57 Å². The molecule has 3 N–H and O–H groups in total. The van der Waals surface area contributed by atoms with Gasteiger partial charge in [-0.3, -0.25) is 0 Å². The third kappa shape index (κ3) is 3.52. The van der Waals surface area contributed by atoms with E-state index in [1.807, 2.05) is 0 Å². The molecule has 0 amide bonds. The molecule has 0 aromatic heterocycles. The molecule has 0 spiro atoms. The van der Waals surface area contributed by atoms with Crippen LogP contribution in [0.1, 0.15) is 5.56 Å². The Morgan fingerprint density at radius 3 is 2.16 bits per heavy atom. The zero-order chi connectivity index (χ0) is 14.0. The molecule has 6 heteroatoms. The number of hydrogen-bond acceptors (Lipinski definition) is 2. The Balaban J connectivity index is 2.20. The Labute approximate surface area is 122 Å². The third-order valence-electron chi connectivity index (χ3n) is 2.48. The van der Waals surface area contributed by atoms with Crippen LogP contribution in [0.2, 0.25) is 0 Å². The Morgan fingerprint density at radius 2 is 1.63 bits per heavy atom. The lowest BCUT2D eigenvalue weighted by molar-refractivity contribution is -0.137. The summed E-state index contributed by atoms with van der Waals surface area (Å²) < 4.78 is 38.2. The van der Waals surface area contributed by atoms with Crippen LogP contribution in [0.4, 0.5) is 30.2 Å². The summed E-state index contributed by atoms with van der Waals surface area (Å²) >= 11 is 2.11. The van der Waals surface area contributed by atoms with Gasteiger partial charge in [0.15, 0.2) is 0 Å². The van der Waals surface area contributed by atoms with Gasteiger partial charge in [0.25, 0.3) is 0 Å². The Hall–Kier alpha value is -1.44. The van der Waals surface area contributed by atoms with Gasteiger partial charge in [0.1, 0.15) is 0 Å². The molecular weight excluding hydrogens is 368 g/mol. The smallest absolute Gasteiger partial charge is 0.399 e. The van der Waals surface area contributed by atoms with Crippen LogP contribution in [0.5, 0.6) is 0 Å². The van der Waals surface area contributed by atoms with Crippen molar-refractivity contribution in [2.45, 2.75) is 6.18 Å². The summed E-state index contributed by atoms with van der Waals surface area (Å²) in [5.41, 5.74) is 7.00. The van der Waals surface area contributed by atoms with Crippen LogP contribution in [0.25, 0.3) is 0 Å². The van der Waals surface area contributed by atoms with Crippen LogP contribution in [0.15, 0.2) is 42.5 Å². The second-order valence-electron chi connectivity index (χ2n) is 3.94. The summed E-state index contributed by atoms with van der Waals surface area (Å²) in [5.74, 6) is 0. The number of rotatable bonds is 2. The fourth-order valence-corrected chi connectivity index (χ4v) is 2.20. The van der Waals surface area contributed by atoms with Crippen molar-refractivity contribution >= 4 is 39.7 Å². The van der Waals surface area contributed by atoms with Crippen LogP contribution in [0.3, 0.4) is 0 Å². The van der Waals surface area contributed by atoms with Crippen LogP contribution < -0.4 is 11.1 Å². The molecule has 100 valence electrons. The molecule has 19 heavy (non-hydrogen) atoms. The molecule has 2 rings (SSSR count). The van der Waals surface area contributed by atoms with Crippen molar-refractivity contribution in [2.24, 2.45) is 0 Å². The Bertz CT molecular complexity index is 579. The molecule has 2 aromatic rings. The zero-order valence-electron chi connectivity index (χ0n) is 9.63. The van der Waals surface area contributed by atoms with Crippen LogP contribution in [-0.4, -0.2) is 0 Å². The van der Waals surface area contributed by atoms with Gasteiger partial charge in [0.05, 0.1) is 11.3 Å². The maximum absolute atomic E-state index is 12.4. The van der Waals surface area contributed by atoms with Gasteiger partial charge < -0.3 is 11.1 Å². The van der Waals surface area contributed by atoms with Gasteiger partial charge in [-0.1, -0.05) is 0 Å². The van der Waals surface area contributed by atoms with Crippen molar-refractivity contribution in [1.29, 1.82) is 0 Å². The highest BCUT2D eigenvalue weighted by atomic mass is 127. The number of benzene rings is 2. The first-order chi connectivity index (χ1) is 8.86. The fourth-order valence-electron chi connectivity index (χ4n) is 1.53. The second-order valence-corrected chi connectivity index (χ2v) is 5.10. The van der Waals surface area contributed by atoms with Crippen molar-refractivity contribution < 1.29 is 13.2 Å². The average Bonchev–Trinajstić information content (AvgIpc) is 2.32. The minimum atomic E-state index is -4.31. The van der Waals surface area contributed by atoms with Crippen molar-refractivity contribution in [1.82, 2.24) is 0 Å². The minimum Gasteiger partial charge on any atom is -0.399 e. The van der Waals surface area contributed by atoms with E-state index in [4.69, 9.17) is 5.73 Å². The van der Waals surface area contributed by atoms with E-state index in [-0.39, 0.29) is 0 Å². The normalized spacial score (nSPS) is 11.4. The molecule has 0 aliphatic rings. The molecule has 0 heterocycles. The number of halogens is 4. The highest BCUT2D eigenvalue weighted by Crippen LogP contribution is 2.31. The second kappa shape index (κ2) is 5.28. The Morgan fingerprint density at radius 1 is 1.00 bits per heavy atom. The molecule has 2 aromatic carbocycles. The van der Waals surface area contributed by atoms with E-state index in [9.17, 15) is 13.2 Å². The van der Waals surface area contributed by atoms with Crippen molar-refractivity contribution in [3.8, 4) is 0 Å². The highest BCUT2D eigenvalue weighted by molar-refractivity contribution is 14.1. The van der Waals surface area contributed by atoms with E-state index in [1.165, 1.54) is 12.1 Å². The SMILES string of the molecule is Nc1ccc(Nc2ccc(C(F)(F)F)cc2)c(I)c1. The van der Waals surface area contributed by atoms with E-state index < -0.39 is 11.7 Å². The molecular formula is C13H10F3IN2. The topological polar surface area (TPSA) is 38.0 Å². The lowest BCUT2D eigenvalue weighted by Crippen LogP contribution is -2.04. The number of nitrogens with one attached hydrogen (secondary N) is 1. The zero-order valence-corrected chi connectivity index (χ0v) is 11.8. The maximum Gasteiger partial charge on any atom is 0.416 e. The summed E-state index contributed by atoms with van der Waals surface area (Å²) in [7, 11) is 0. The first-order valence-electron chi connectivity index (χ1n) is 5.35. The summed E-state index contributed by atoms with van der Waals surface area (Å²) in [5, 5.41) is 3.05. The molecule has 0 bridgehead atoms. The summed E-state index contributed by atoms with van der Waals surface area (Å²) in [4.78, 5) is 0.